The van der Waals surface area contributed by atoms with E-state index in [0.717, 1.165) is 0 Å². The number of nitrogens with zero attached hydrogens (tertiary/aromatic N) is 2. The van der Waals surface area contributed by atoms with Gasteiger partial charge in [-0.3, -0.25) is 0 Å². The van der Waals surface area contributed by atoms with E-state index >= 15 is 0 Å². The molecule has 0 radical (unpaired) electrons. The first kappa shape index (κ1) is 15.9. The van der Waals surface area contributed by atoms with Crippen molar-refractivity contribution in [2.24, 2.45) is 7.05 Å². The fraction of sp³-hybridized carbons (Fsp3) is 0.375. The van der Waals surface area contributed by atoms with Gasteiger partial charge in [-0.05, 0) is 25.0 Å². The molecule has 132 valence electrons. The Morgan fingerprint density at radius 2 is 1.54 bits per heavy atom. The van der Waals surface area contributed by atoms with Crippen molar-refractivity contribution in [3.8, 4) is 0 Å². The smallest absolute Gasteiger partial charge is 0.232 e. The Hall–Kier alpha value is -2.35. The second-order valence-electron chi connectivity index (χ2n) is 9.19. The van der Waals surface area contributed by atoms with E-state index in [9.17, 15) is 0 Å². The number of rotatable bonds is 0. The van der Waals surface area contributed by atoms with Crippen LogP contribution in [0.2, 0.25) is 0 Å². The topological polar surface area (TPSA) is 8.29 Å². The van der Waals surface area contributed by atoms with Crippen LogP contribution in [0.15, 0.2) is 36.5 Å². The molecule has 2 aromatic heterocycles. The number of benzene rings is 2. The van der Waals surface area contributed by atoms with E-state index in [1.165, 1.54) is 49.7 Å². The average molecular weight is 343 g/mol. The Morgan fingerprint density at radius 3 is 2.27 bits per heavy atom. The van der Waals surface area contributed by atoms with Gasteiger partial charge in [0.1, 0.15) is 11.7 Å². The van der Waals surface area contributed by atoms with Gasteiger partial charge in [0, 0.05) is 27.2 Å². The molecule has 2 heteroatoms. The zero-order valence-electron chi connectivity index (χ0n) is 16.9. The van der Waals surface area contributed by atoms with Crippen molar-refractivity contribution in [1.82, 2.24) is 4.40 Å². The monoisotopic (exact) mass is 343 g/mol. The molecule has 5 rings (SSSR count). The lowest BCUT2D eigenvalue weighted by Crippen LogP contribution is -2.44. The molecular formula is C24H27N2+. The molecule has 0 N–H and O–H groups in total. The molecule has 0 atom stereocenters. The summed E-state index contributed by atoms with van der Waals surface area (Å²) >= 11 is 0. The highest BCUT2D eigenvalue weighted by Gasteiger charge is 2.50. The normalized spacial score (nSPS) is 17.7. The molecular weight excluding hydrogens is 316 g/mol. The largest absolute Gasteiger partial charge is 0.295 e. The zero-order chi connectivity index (χ0) is 18.6. The maximum absolute atomic E-state index is 2.55. The minimum Gasteiger partial charge on any atom is -0.232 e. The maximum atomic E-state index is 2.55. The lowest BCUT2D eigenvalue weighted by Gasteiger charge is -2.43. The van der Waals surface area contributed by atoms with Gasteiger partial charge in [0.25, 0.3) is 5.65 Å². The second-order valence-corrected chi connectivity index (χ2v) is 9.19. The summed E-state index contributed by atoms with van der Waals surface area (Å²) in [5.74, 6) is 0. The third-order valence-electron chi connectivity index (χ3n) is 7.35. The lowest BCUT2D eigenvalue weighted by atomic mass is 9.60. The molecule has 1 aliphatic rings. The molecule has 4 aromatic rings. The fourth-order valence-electron chi connectivity index (χ4n) is 5.13. The van der Waals surface area contributed by atoms with Crippen LogP contribution >= 0.6 is 0 Å². The Bertz CT molecular complexity index is 1250. The van der Waals surface area contributed by atoms with Gasteiger partial charge >= 0.3 is 0 Å². The molecule has 3 heterocycles. The third-order valence-corrected chi connectivity index (χ3v) is 7.35. The number of aromatic nitrogens is 2. The number of fused-ring (bicyclic) bond motifs is 3. The van der Waals surface area contributed by atoms with E-state index in [1.54, 1.807) is 0 Å². The quantitative estimate of drug-likeness (QED) is 0.304. The predicted molar refractivity (Wildman–Crippen MR) is 109 cm³/mol. The average Bonchev–Trinajstić information content (AvgIpc) is 2.92. The first-order valence-electron chi connectivity index (χ1n) is 9.54. The summed E-state index contributed by atoms with van der Waals surface area (Å²) in [5, 5.41) is 4.17. The molecule has 2 aromatic carbocycles. The number of aryl methyl sites for hydroxylation is 3. The summed E-state index contributed by atoms with van der Waals surface area (Å²) in [5.41, 5.74) is 8.40. The van der Waals surface area contributed by atoms with E-state index in [4.69, 9.17) is 0 Å². The molecule has 0 aliphatic carbocycles. The van der Waals surface area contributed by atoms with E-state index in [2.05, 4.69) is 94.1 Å². The van der Waals surface area contributed by atoms with E-state index in [-0.39, 0.29) is 10.8 Å². The number of hydrogen-bond donors (Lipinski definition) is 0. The zero-order valence-corrected chi connectivity index (χ0v) is 16.9. The van der Waals surface area contributed by atoms with Crippen LogP contribution < -0.4 is 4.57 Å². The first-order valence-corrected chi connectivity index (χ1v) is 9.54. The van der Waals surface area contributed by atoms with E-state index in [1.807, 2.05) is 0 Å². The minimum atomic E-state index is 0.0444. The van der Waals surface area contributed by atoms with Crippen LogP contribution in [0.1, 0.15) is 50.1 Å². The van der Waals surface area contributed by atoms with Crippen LogP contribution in [-0.2, 0) is 17.9 Å². The molecule has 0 bridgehead atoms. The maximum Gasteiger partial charge on any atom is 0.295 e. The number of hydrogen-bond acceptors (Lipinski definition) is 0. The molecule has 0 amide bonds. The van der Waals surface area contributed by atoms with E-state index < -0.39 is 0 Å². The van der Waals surface area contributed by atoms with Crippen molar-refractivity contribution in [3.05, 3.63) is 58.9 Å². The molecule has 0 saturated heterocycles. The standard InChI is InChI=1S/C24H27N2/c1-14-9-8-10-16-19-15(2)11-12-17-21(19)26-18(24(5,6)23(17,3)4)13-25(7)22(26)20(14)16/h8-13H,1-7H3/q+1. The number of pyridine rings is 1. The molecule has 0 fully saturated rings. The molecule has 26 heavy (non-hydrogen) atoms. The molecule has 0 saturated carbocycles. The van der Waals surface area contributed by atoms with Crippen molar-refractivity contribution in [2.45, 2.75) is 52.4 Å². The third kappa shape index (κ3) is 1.53. The Kier molecular flexibility index (Phi) is 2.74. The summed E-state index contributed by atoms with van der Waals surface area (Å²) in [6, 6.07) is 11.4. The first-order chi connectivity index (χ1) is 12.2. The SMILES string of the molecule is Cc1ccc2c3c1c1cccc(C)c1c1n3c(c[n+]1C)C(C)(C)C2(C)C. The van der Waals surface area contributed by atoms with Crippen molar-refractivity contribution >= 4 is 27.3 Å². The van der Waals surface area contributed by atoms with Gasteiger partial charge in [0.05, 0.1) is 12.4 Å². The van der Waals surface area contributed by atoms with Crippen LogP contribution in [0.4, 0.5) is 0 Å². The molecule has 2 nitrogen and oxygen atoms in total. The van der Waals surface area contributed by atoms with Crippen molar-refractivity contribution < 1.29 is 4.57 Å². The summed E-state index contributed by atoms with van der Waals surface area (Å²) < 4.78 is 4.89. The van der Waals surface area contributed by atoms with Crippen LogP contribution in [0.5, 0.6) is 0 Å². The van der Waals surface area contributed by atoms with Gasteiger partial charge in [-0.1, -0.05) is 58.0 Å². The highest BCUT2D eigenvalue weighted by atomic mass is 15.1. The highest BCUT2D eigenvalue weighted by Crippen LogP contribution is 2.51. The summed E-state index contributed by atoms with van der Waals surface area (Å²) in [7, 11) is 2.19. The Labute approximate surface area is 155 Å². The Balaban J connectivity index is 2.27. The van der Waals surface area contributed by atoms with Gasteiger partial charge in [-0.2, -0.15) is 4.40 Å². The van der Waals surface area contributed by atoms with Crippen LogP contribution in [-0.4, -0.2) is 4.40 Å². The minimum absolute atomic E-state index is 0.0444. The Morgan fingerprint density at radius 1 is 0.846 bits per heavy atom. The van der Waals surface area contributed by atoms with Gasteiger partial charge in [-0.25, -0.2) is 4.57 Å². The lowest BCUT2D eigenvalue weighted by molar-refractivity contribution is -0.643. The predicted octanol–water partition coefficient (Wildman–Crippen LogP) is 5.26. The fourth-order valence-corrected chi connectivity index (χ4v) is 5.13. The highest BCUT2D eigenvalue weighted by molar-refractivity contribution is 6.14. The van der Waals surface area contributed by atoms with Crippen molar-refractivity contribution in [1.29, 1.82) is 0 Å². The van der Waals surface area contributed by atoms with Crippen LogP contribution in [0.3, 0.4) is 0 Å². The van der Waals surface area contributed by atoms with Crippen LogP contribution in [0, 0.1) is 13.8 Å². The molecule has 1 aliphatic heterocycles. The number of imidazole rings is 1. The van der Waals surface area contributed by atoms with Crippen molar-refractivity contribution in [2.75, 3.05) is 0 Å². The van der Waals surface area contributed by atoms with Crippen molar-refractivity contribution in [3.63, 3.8) is 0 Å². The van der Waals surface area contributed by atoms with Gasteiger partial charge in [0.15, 0.2) is 5.69 Å². The summed E-state index contributed by atoms with van der Waals surface area (Å²) in [6.07, 6.45) is 2.35. The second kappa shape index (κ2) is 4.49. The van der Waals surface area contributed by atoms with Crippen LogP contribution in [0.25, 0.3) is 27.3 Å². The summed E-state index contributed by atoms with van der Waals surface area (Å²) in [6.45, 7) is 14.1. The van der Waals surface area contributed by atoms with E-state index in [0.29, 0.717) is 0 Å². The summed E-state index contributed by atoms with van der Waals surface area (Å²) in [4.78, 5) is 0. The van der Waals surface area contributed by atoms with Gasteiger partial charge in [0.2, 0.25) is 0 Å². The molecule has 0 spiro atoms. The van der Waals surface area contributed by atoms with Gasteiger partial charge < -0.3 is 0 Å². The van der Waals surface area contributed by atoms with Gasteiger partial charge in [-0.15, -0.1) is 0 Å². The molecule has 0 unspecified atom stereocenters.